The van der Waals surface area contributed by atoms with Gasteiger partial charge in [0.15, 0.2) is 0 Å². The molecule has 3 nitrogen and oxygen atoms in total. The number of piperazine rings is 1. The quantitative estimate of drug-likeness (QED) is 0.805. The lowest BCUT2D eigenvalue weighted by molar-refractivity contribution is 0.0833. The van der Waals surface area contributed by atoms with Crippen molar-refractivity contribution in [2.24, 2.45) is 0 Å². The molecule has 2 aromatic rings. The summed E-state index contributed by atoms with van der Waals surface area (Å²) >= 11 is 7.57. The zero-order valence-corrected chi connectivity index (χ0v) is 13.8. The first-order chi connectivity index (χ1) is 10.3. The molecule has 0 saturated carbocycles. The molecule has 3 rings (SSSR count). The fourth-order valence-corrected chi connectivity index (χ4v) is 3.84. The van der Waals surface area contributed by atoms with Gasteiger partial charge in [-0.1, -0.05) is 30.3 Å². The van der Waals surface area contributed by atoms with Crippen molar-refractivity contribution in [1.82, 2.24) is 14.8 Å². The van der Waals surface area contributed by atoms with Gasteiger partial charge in [-0.3, -0.25) is 4.90 Å². The molecular formula is C16H20ClN3S. The second kappa shape index (κ2) is 6.88. The fraction of sp³-hybridized carbons (Fsp3) is 0.438. The van der Waals surface area contributed by atoms with Crippen molar-refractivity contribution in [1.29, 1.82) is 0 Å². The van der Waals surface area contributed by atoms with E-state index in [1.54, 1.807) is 11.3 Å². The van der Waals surface area contributed by atoms with Gasteiger partial charge in [0.2, 0.25) is 0 Å². The topological polar surface area (TPSA) is 19.4 Å². The zero-order valence-electron chi connectivity index (χ0n) is 12.2. The van der Waals surface area contributed by atoms with E-state index in [4.69, 9.17) is 11.6 Å². The summed E-state index contributed by atoms with van der Waals surface area (Å²) in [6, 6.07) is 11.2. The number of alkyl halides is 1. The number of likely N-dealkylation sites (N-methyl/N-ethyl adjacent to an activating group) is 1. The van der Waals surface area contributed by atoms with Gasteiger partial charge in [-0.25, -0.2) is 4.98 Å². The highest BCUT2D eigenvalue weighted by atomic mass is 35.5. The molecule has 1 aromatic carbocycles. The van der Waals surface area contributed by atoms with Crippen LogP contribution in [0.3, 0.4) is 0 Å². The molecule has 1 aliphatic rings. The van der Waals surface area contributed by atoms with Gasteiger partial charge in [0.05, 0.1) is 18.1 Å². The first-order valence-corrected chi connectivity index (χ1v) is 8.64. The Morgan fingerprint density at radius 3 is 2.81 bits per heavy atom. The number of hydrogen-bond acceptors (Lipinski definition) is 4. The van der Waals surface area contributed by atoms with Crippen molar-refractivity contribution in [2.45, 2.75) is 18.5 Å². The summed E-state index contributed by atoms with van der Waals surface area (Å²) in [7, 11) is 2.20. The lowest BCUT2D eigenvalue weighted by Gasteiger charge is -2.40. The van der Waals surface area contributed by atoms with Crippen LogP contribution in [-0.4, -0.2) is 41.5 Å². The second-order valence-corrected chi connectivity index (χ2v) is 6.74. The van der Waals surface area contributed by atoms with Crippen molar-refractivity contribution in [3.63, 3.8) is 0 Å². The fourth-order valence-electron chi connectivity index (χ4n) is 2.79. The van der Waals surface area contributed by atoms with Gasteiger partial charge in [-0.15, -0.1) is 22.9 Å². The molecule has 0 aliphatic carbocycles. The van der Waals surface area contributed by atoms with E-state index in [0.717, 1.165) is 36.9 Å². The summed E-state index contributed by atoms with van der Waals surface area (Å²) in [5, 5.41) is 3.23. The third-order valence-corrected chi connectivity index (χ3v) is 5.11. The predicted molar refractivity (Wildman–Crippen MR) is 88.8 cm³/mol. The number of rotatable bonds is 4. The molecule has 5 heteroatoms. The smallest absolute Gasteiger partial charge is 0.107 e. The van der Waals surface area contributed by atoms with E-state index in [9.17, 15) is 0 Å². The first kappa shape index (κ1) is 15.0. The summed E-state index contributed by atoms with van der Waals surface area (Å²) in [5.74, 6) is 0.501. The number of nitrogens with zero attached hydrogens (tertiary/aromatic N) is 3. The Balaban J connectivity index is 1.77. The largest absolute Gasteiger partial charge is 0.303 e. The minimum Gasteiger partial charge on any atom is -0.303 e. The van der Waals surface area contributed by atoms with E-state index in [1.165, 1.54) is 5.56 Å². The van der Waals surface area contributed by atoms with Crippen molar-refractivity contribution in [2.75, 3.05) is 26.7 Å². The highest BCUT2D eigenvalue weighted by molar-refractivity contribution is 7.09. The van der Waals surface area contributed by atoms with E-state index >= 15 is 0 Å². The maximum absolute atomic E-state index is 5.85. The third kappa shape index (κ3) is 3.64. The Morgan fingerprint density at radius 1 is 1.29 bits per heavy atom. The van der Waals surface area contributed by atoms with E-state index < -0.39 is 0 Å². The van der Waals surface area contributed by atoms with E-state index in [-0.39, 0.29) is 0 Å². The second-order valence-electron chi connectivity index (χ2n) is 5.53. The van der Waals surface area contributed by atoms with Crippen LogP contribution in [0.15, 0.2) is 35.7 Å². The summed E-state index contributed by atoms with van der Waals surface area (Å²) in [5.41, 5.74) is 2.38. The number of thiazole rings is 1. The summed E-state index contributed by atoms with van der Waals surface area (Å²) in [4.78, 5) is 9.54. The molecular weight excluding hydrogens is 302 g/mol. The standard InChI is InChI=1S/C16H20ClN3S/c1-19-7-8-20(11-16-18-14(9-17)12-21-16)15(10-19)13-5-3-2-4-6-13/h2-6,12,15H,7-11H2,1H3. The van der Waals surface area contributed by atoms with Gasteiger partial charge in [-0.2, -0.15) is 0 Å². The minimum absolute atomic E-state index is 0.438. The number of benzene rings is 1. The Morgan fingerprint density at radius 2 is 2.10 bits per heavy atom. The van der Waals surface area contributed by atoms with E-state index in [2.05, 4.69) is 57.5 Å². The van der Waals surface area contributed by atoms with Crippen LogP contribution in [0.4, 0.5) is 0 Å². The Kier molecular flexibility index (Phi) is 4.91. The van der Waals surface area contributed by atoms with Crippen LogP contribution in [0.2, 0.25) is 0 Å². The van der Waals surface area contributed by atoms with Gasteiger partial charge >= 0.3 is 0 Å². The molecule has 1 unspecified atom stereocenters. The molecule has 0 N–H and O–H groups in total. The first-order valence-electron chi connectivity index (χ1n) is 7.23. The van der Waals surface area contributed by atoms with Crippen molar-refractivity contribution in [3.05, 3.63) is 52.0 Å². The molecule has 112 valence electrons. The molecule has 2 heterocycles. The molecule has 1 fully saturated rings. The molecule has 1 saturated heterocycles. The zero-order chi connectivity index (χ0) is 14.7. The Bertz CT molecular complexity index is 572. The van der Waals surface area contributed by atoms with Crippen LogP contribution in [0.1, 0.15) is 22.3 Å². The van der Waals surface area contributed by atoms with Gasteiger partial charge < -0.3 is 4.90 Å². The lowest BCUT2D eigenvalue weighted by Crippen LogP contribution is -2.46. The maximum atomic E-state index is 5.85. The molecule has 0 radical (unpaired) electrons. The molecule has 0 spiro atoms. The van der Waals surface area contributed by atoms with Crippen LogP contribution in [0, 0.1) is 0 Å². The van der Waals surface area contributed by atoms with Crippen LogP contribution in [0.25, 0.3) is 0 Å². The van der Waals surface area contributed by atoms with Gasteiger partial charge in [0, 0.05) is 31.1 Å². The van der Waals surface area contributed by atoms with Crippen LogP contribution >= 0.6 is 22.9 Å². The van der Waals surface area contributed by atoms with Crippen molar-refractivity contribution >= 4 is 22.9 Å². The Labute approximate surface area is 135 Å². The lowest BCUT2D eigenvalue weighted by atomic mass is 10.0. The molecule has 1 atom stereocenters. The summed E-state index contributed by atoms with van der Waals surface area (Å²) in [6.07, 6.45) is 0. The van der Waals surface area contributed by atoms with Gasteiger partial charge in [0.1, 0.15) is 5.01 Å². The normalized spacial score (nSPS) is 20.8. The van der Waals surface area contributed by atoms with Gasteiger partial charge in [-0.05, 0) is 12.6 Å². The van der Waals surface area contributed by atoms with Gasteiger partial charge in [0.25, 0.3) is 0 Å². The number of halogens is 1. The average Bonchev–Trinajstić information content (AvgIpc) is 2.98. The predicted octanol–water partition coefficient (Wildman–Crippen LogP) is 3.37. The highest BCUT2D eigenvalue weighted by Gasteiger charge is 2.27. The SMILES string of the molecule is CN1CCN(Cc2nc(CCl)cs2)C(c2ccccc2)C1. The number of hydrogen-bond donors (Lipinski definition) is 0. The van der Waals surface area contributed by atoms with Crippen LogP contribution in [0.5, 0.6) is 0 Å². The monoisotopic (exact) mass is 321 g/mol. The van der Waals surface area contributed by atoms with E-state index in [1.807, 2.05) is 0 Å². The average molecular weight is 322 g/mol. The van der Waals surface area contributed by atoms with Crippen molar-refractivity contribution in [3.8, 4) is 0 Å². The van der Waals surface area contributed by atoms with E-state index in [0.29, 0.717) is 11.9 Å². The molecule has 1 aliphatic heterocycles. The van der Waals surface area contributed by atoms with Crippen molar-refractivity contribution < 1.29 is 0 Å². The minimum atomic E-state index is 0.438. The summed E-state index contributed by atoms with van der Waals surface area (Å²) in [6.45, 7) is 4.16. The highest BCUT2D eigenvalue weighted by Crippen LogP contribution is 2.27. The summed E-state index contributed by atoms with van der Waals surface area (Å²) < 4.78 is 0. The molecule has 1 aromatic heterocycles. The molecule has 21 heavy (non-hydrogen) atoms. The third-order valence-electron chi connectivity index (χ3n) is 3.95. The molecule has 0 amide bonds. The Hall–Kier alpha value is -0.940. The number of aromatic nitrogens is 1. The van der Waals surface area contributed by atoms with Crippen LogP contribution in [-0.2, 0) is 12.4 Å². The van der Waals surface area contributed by atoms with Crippen LogP contribution < -0.4 is 0 Å². The molecule has 0 bridgehead atoms. The maximum Gasteiger partial charge on any atom is 0.107 e.